The number of carbonyl (C=O) groups is 2. The molecule has 1 aliphatic heterocycles. The third-order valence-electron chi connectivity index (χ3n) is 5.71. The molecule has 0 N–H and O–H groups in total. The Morgan fingerprint density at radius 2 is 1.65 bits per heavy atom. The molecular weight excluding hydrogens is 386 g/mol. The van der Waals surface area contributed by atoms with Gasteiger partial charge in [-0.1, -0.05) is 72.8 Å². The van der Waals surface area contributed by atoms with E-state index in [2.05, 4.69) is 0 Å². The number of nitrogens with zero attached hydrogens (tertiary/aromatic N) is 1. The third-order valence-corrected chi connectivity index (χ3v) is 5.71. The molecule has 4 heteroatoms. The summed E-state index contributed by atoms with van der Waals surface area (Å²) in [6, 6.07) is 25.8. The lowest BCUT2D eigenvalue weighted by atomic mass is 10.0. The number of hydrogen-bond acceptors (Lipinski definition) is 3. The van der Waals surface area contributed by atoms with Crippen molar-refractivity contribution in [2.75, 3.05) is 0 Å². The van der Waals surface area contributed by atoms with Gasteiger partial charge in [-0.25, -0.2) is 0 Å². The number of benzene rings is 3. The molecule has 0 unspecified atom stereocenters. The van der Waals surface area contributed by atoms with Gasteiger partial charge in [0.25, 0.3) is 0 Å². The number of amides is 2. The largest absolute Gasteiger partial charge is 0.489 e. The fourth-order valence-electron chi connectivity index (χ4n) is 4.09. The Bertz CT molecular complexity index is 1050. The Morgan fingerprint density at radius 1 is 0.968 bits per heavy atom. The molecule has 0 spiro atoms. The zero-order valence-corrected chi connectivity index (χ0v) is 17.8. The van der Waals surface area contributed by atoms with Crippen molar-refractivity contribution in [3.05, 3.63) is 101 Å². The molecule has 1 heterocycles. The van der Waals surface area contributed by atoms with Crippen LogP contribution in [0.15, 0.2) is 78.9 Å². The molecule has 0 radical (unpaired) electrons. The molecule has 1 fully saturated rings. The zero-order chi connectivity index (χ0) is 21.6. The van der Waals surface area contributed by atoms with Gasteiger partial charge in [0.05, 0.1) is 6.42 Å². The van der Waals surface area contributed by atoms with Gasteiger partial charge in [-0.05, 0) is 42.5 Å². The molecular formula is C27H27NO3. The number of likely N-dealkylation sites (tertiary alicyclic amines) is 1. The first kappa shape index (κ1) is 20.9. The van der Waals surface area contributed by atoms with Crippen molar-refractivity contribution in [3.63, 3.8) is 0 Å². The minimum Gasteiger partial charge on any atom is -0.489 e. The first-order valence-electron chi connectivity index (χ1n) is 10.8. The summed E-state index contributed by atoms with van der Waals surface area (Å²) in [4.78, 5) is 27.2. The van der Waals surface area contributed by atoms with E-state index in [-0.39, 0.29) is 24.3 Å². The first-order chi connectivity index (χ1) is 15.1. The summed E-state index contributed by atoms with van der Waals surface area (Å²) >= 11 is 0. The molecule has 3 aromatic carbocycles. The fourth-order valence-corrected chi connectivity index (χ4v) is 4.09. The maximum Gasteiger partial charge on any atom is 0.234 e. The number of ether oxygens (including phenoxy) is 1. The van der Waals surface area contributed by atoms with Crippen LogP contribution in [0.25, 0.3) is 0 Å². The molecule has 0 bridgehead atoms. The van der Waals surface area contributed by atoms with E-state index in [0.717, 1.165) is 22.3 Å². The molecule has 4 rings (SSSR count). The molecule has 158 valence electrons. The van der Waals surface area contributed by atoms with Gasteiger partial charge in [-0.2, -0.15) is 0 Å². The Morgan fingerprint density at radius 3 is 2.35 bits per heavy atom. The highest BCUT2D eigenvalue weighted by atomic mass is 16.5. The molecule has 0 aromatic heterocycles. The second-order valence-corrected chi connectivity index (χ2v) is 8.10. The highest BCUT2D eigenvalue weighted by Crippen LogP contribution is 2.27. The minimum atomic E-state index is -0.156. The van der Waals surface area contributed by atoms with Crippen molar-refractivity contribution in [1.29, 1.82) is 0 Å². The first-order valence-corrected chi connectivity index (χ1v) is 10.8. The van der Waals surface area contributed by atoms with Gasteiger partial charge >= 0.3 is 0 Å². The standard InChI is InChI=1S/C27H27NO3/c1-20-12-13-23(25(16-20)31-19-22-10-6-3-7-11-22)18-27(30)28-24(14-15-26(28)29)17-21-8-4-2-5-9-21/h2-13,16,24H,14-15,17-19H2,1H3/t24-/m0/s1. The summed E-state index contributed by atoms with van der Waals surface area (Å²) in [7, 11) is 0. The van der Waals surface area contributed by atoms with Gasteiger partial charge in [-0.15, -0.1) is 0 Å². The maximum atomic E-state index is 13.2. The van der Waals surface area contributed by atoms with Crippen molar-refractivity contribution in [1.82, 2.24) is 4.90 Å². The number of imide groups is 1. The van der Waals surface area contributed by atoms with Gasteiger partial charge in [0.1, 0.15) is 12.4 Å². The number of hydrogen-bond donors (Lipinski definition) is 0. The summed E-state index contributed by atoms with van der Waals surface area (Å²) in [5.41, 5.74) is 4.09. The Hall–Kier alpha value is -3.40. The molecule has 31 heavy (non-hydrogen) atoms. The van der Waals surface area contributed by atoms with Crippen molar-refractivity contribution < 1.29 is 14.3 Å². The lowest BCUT2D eigenvalue weighted by Crippen LogP contribution is -2.40. The van der Waals surface area contributed by atoms with Gasteiger partial charge < -0.3 is 4.74 Å². The summed E-state index contributed by atoms with van der Waals surface area (Å²) < 4.78 is 6.06. The average molecular weight is 414 g/mol. The second-order valence-electron chi connectivity index (χ2n) is 8.10. The van der Waals surface area contributed by atoms with Gasteiger partial charge in [0, 0.05) is 18.0 Å². The van der Waals surface area contributed by atoms with Gasteiger partial charge in [0.15, 0.2) is 0 Å². The molecule has 2 amide bonds. The minimum absolute atomic E-state index is 0.0789. The maximum absolute atomic E-state index is 13.2. The second kappa shape index (κ2) is 9.61. The highest BCUT2D eigenvalue weighted by molar-refractivity contribution is 5.98. The lowest BCUT2D eigenvalue weighted by Gasteiger charge is -2.24. The van der Waals surface area contributed by atoms with E-state index in [1.54, 1.807) is 0 Å². The highest BCUT2D eigenvalue weighted by Gasteiger charge is 2.35. The predicted octanol–water partition coefficient (Wildman–Crippen LogP) is 4.88. The lowest BCUT2D eigenvalue weighted by molar-refractivity contribution is -0.143. The van der Waals surface area contributed by atoms with E-state index < -0.39 is 0 Å². The topological polar surface area (TPSA) is 46.6 Å². The van der Waals surface area contributed by atoms with Crippen LogP contribution >= 0.6 is 0 Å². The molecule has 1 saturated heterocycles. The van der Waals surface area contributed by atoms with Gasteiger partial charge in [-0.3, -0.25) is 14.5 Å². The predicted molar refractivity (Wildman–Crippen MR) is 121 cm³/mol. The van der Waals surface area contributed by atoms with Crippen LogP contribution in [0.4, 0.5) is 0 Å². The smallest absolute Gasteiger partial charge is 0.234 e. The zero-order valence-electron chi connectivity index (χ0n) is 17.8. The van der Waals surface area contributed by atoms with Crippen LogP contribution in [0.5, 0.6) is 5.75 Å². The normalized spacial score (nSPS) is 15.8. The SMILES string of the molecule is Cc1ccc(CC(=O)N2C(=O)CC[C@H]2Cc2ccccc2)c(OCc2ccccc2)c1. The van der Waals surface area contributed by atoms with E-state index in [0.29, 0.717) is 31.6 Å². The van der Waals surface area contributed by atoms with Gasteiger partial charge in [0.2, 0.25) is 11.8 Å². The average Bonchev–Trinajstić information content (AvgIpc) is 3.15. The van der Waals surface area contributed by atoms with Crippen LogP contribution in [0.2, 0.25) is 0 Å². The summed E-state index contributed by atoms with van der Waals surface area (Å²) in [5, 5.41) is 0. The fraction of sp³-hybridized carbons (Fsp3) is 0.259. The number of aryl methyl sites for hydroxylation is 1. The summed E-state index contributed by atoms with van der Waals surface area (Å²) in [5.74, 6) is 0.463. The van der Waals surface area contributed by atoms with Crippen molar-refractivity contribution in [2.45, 2.75) is 45.3 Å². The van der Waals surface area contributed by atoms with Crippen LogP contribution < -0.4 is 4.74 Å². The summed E-state index contributed by atoms with van der Waals surface area (Å²) in [6.07, 6.45) is 1.99. The summed E-state index contributed by atoms with van der Waals surface area (Å²) in [6.45, 7) is 2.44. The van der Waals surface area contributed by atoms with Crippen molar-refractivity contribution >= 4 is 11.8 Å². The van der Waals surface area contributed by atoms with Crippen LogP contribution in [-0.2, 0) is 29.0 Å². The van der Waals surface area contributed by atoms with Crippen LogP contribution in [0.1, 0.15) is 35.1 Å². The Labute approximate surface area is 183 Å². The van der Waals surface area contributed by atoms with E-state index in [9.17, 15) is 9.59 Å². The molecule has 4 nitrogen and oxygen atoms in total. The van der Waals surface area contributed by atoms with Crippen LogP contribution in [-0.4, -0.2) is 22.8 Å². The van der Waals surface area contributed by atoms with E-state index in [1.807, 2.05) is 85.8 Å². The van der Waals surface area contributed by atoms with Crippen LogP contribution in [0, 0.1) is 6.92 Å². The molecule has 0 saturated carbocycles. The van der Waals surface area contributed by atoms with Crippen molar-refractivity contribution in [2.24, 2.45) is 0 Å². The van der Waals surface area contributed by atoms with E-state index >= 15 is 0 Å². The monoisotopic (exact) mass is 413 g/mol. The Kier molecular flexibility index (Phi) is 6.46. The third kappa shape index (κ3) is 5.21. The van der Waals surface area contributed by atoms with Crippen molar-refractivity contribution in [3.8, 4) is 5.75 Å². The van der Waals surface area contributed by atoms with E-state index in [1.165, 1.54) is 4.90 Å². The van der Waals surface area contributed by atoms with E-state index in [4.69, 9.17) is 4.74 Å². The molecule has 1 aliphatic rings. The number of rotatable bonds is 7. The quantitative estimate of drug-likeness (QED) is 0.555. The number of carbonyl (C=O) groups excluding carboxylic acids is 2. The molecule has 0 aliphatic carbocycles. The Balaban J connectivity index is 1.48. The van der Waals surface area contributed by atoms with Crippen LogP contribution in [0.3, 0.4) is 0 Å². The molecule has 1 atom stereocenters. The molecule has 3 aromatic rings.